The molecule has 0 aliphatic carbocycles. The number of rotatable bonds is 2. The molecule has 26 heavy (non-hydrogen) atoms. The lowest BCUT2D eigenvalue weighted by Gasteiger charge is -2.04. The fourth-order valence-electron chi connectivity index (χ4n) is 2.99. The molecular weight excluding hydrogens is 338 g/mol. The van der Waals surface area contributed by atoms with Crippen LogP contribution in [-0.4, -0.2) is 25.4 Å². The molecule has 0 atom stereocenters. The maximum Gasteiger partial charge on any atom is 0.161 e. The van der Waals surface area contributed by atoms with Crippen LogP contribution in [0, 0.1) is 0 Å². The predicted octanol–water partition coefficient (Wildman–Crippen LogP) is 5.58. The lowest BCUT2D eigenvalue weighted by atomic mass is 10.1. The fourth-order valence-corrected chi connectivity index (χ4v) is 4.13. The number of thiophene rings is 1. The summed E-state index contributed by atoms with van der Waals surface area (Å²) in [5, 5.41) is 2.54. The summed E-state index contributed by atoms with van der Waals surface area (Å²) in [5.41, 5.74) is 1.90. The van der Waals surface area contributed by atoms with Gasteiger partial charge in [-0.15, -0.1) is 11.3 Å². The van der Waals surface area contributed by atoms with Crippen LogP contribution in [0.1, 0.15) is 11.1 Å². The first-order chi connectivity index (χ1) is 12.8. The second-order valence-corrected chi connectivity index (χ2v) is 6.90. The van der Waals surface area contributed by atoms with Crippen LogP contribution in [0.4, 0.5) is 0 Å². The van der Waals surface area contributed by atoms with Gasteiger partial charge in [0.25, 0.3) is 0 Å². The molecule has 4 rings (SSSR count). The zero-order chi connectivity index (χ0) is 17.9. The van der Waals surface area contributed by atoms with E-state index in [4.69, 9.17) is 0 Å². The number of hydrogen-bond donors (Lipinski definition) is 0. The molecule has 4 heteroatoms. The lowest BCUT2D eigenvalue weighted by Crippen LogP contribution is -2.04. The number of fused-ring (bicyclic) bond motifs is 3. The molecule has 4 aromatic rings. The summed E-state index contributed by atoms with van der Waals surface area (Å²) < 4.78 is 2.50. The van der Waals surface area contributed by atoms with Crippen LogP contribution < -0.4 is 0 Å². The zero-order valence-corrected chi connectivity index (χ0v) is 15.2. The van der Waals surface area contributed by atoms with E-state index in [9.17, 15) is 0 Å². The molecule has 0 aliphatic heterocycles. The fraction of sp³-hybridized carbons (Fsp3) is 0.0455. The smallest absolute Gasteiger partial charge is 0.161 e. The van der Waals surface area contributed by atoms with Crippen molar-refractivity contribution in [1.29, 1.82) is 0 Å². The van der Waals surface area contributed by atoms with Gasteiger partial charge in [-0.2, -0.15) is 0 Å². The van der Waals surface area contributed by atoms with Crippen LogP contribution in [0.3, 0.4) is 0 Å². The Kier molecular flexibility index (Phi) is 4.42. The highest BCUT2D eigenvalue weighted by Gasteiger charge is 2.09. The first-order valence-corrected chi connectivity index (χ1v) is 9.11. The van der Waals surface area contributed by atoms with Gasteiger partial charge in [0, 0.05) is 38.3 Å². The SMILES string of the molecule is C=NC(=NC(=NC)c1ccccc1)c1ccc2c(c1)sc1ccccc12. The maximum absolute atomic E-state index is 4.66. The van der Waals surface area contributed by atoms with Crippen molar-refractivity contribution in [2.45, 2.75) is 0 Å². The third-order valence-electron chi connectivity index (χ3n) is 4.24. The van der Waals surface area contributed by atoms with Gasteiger partial charge >= 0.3 is 0 Å². The number of benzene rings is 3. The van der Waals surface area contributed by atoms with E-state index in [-0.39, 0.29) is 0 Å². The van der Waals surface area contributed by atoms with Crippen molar-refractivity contribution in [2.24, 2.45) is 15.0 Å². The van der Waals surface area contributed by atoms with E-state index in [0.29, 0.717) is 11.7 Å². The summed E-state index contributed by atoms with van der Waals surface area (Å²) in [5.74, 6) is 1.22. The summed E-state index contributed by atoms with van der Waals surface area (Å²) in [6.07, 6.45) is 0. The molecule has 3 nitrogen and oxygen atoms in total. The number of nitrogens with zero attached hydrogens (tertiary/aromatic N) is 3. The molecule has 0 amide bonds. The maximum atomic E-state index is 4.66. The molecule has 126 valence electrons. The van der Waals surface area contributed by atoms with Crippen LogP contribution >= 0.6 is 11.3 Å². The van der Waals surface area contributed by atoms with E-state index in [0.717, 1.165) is 11.1 Å². The Balaban J connectivity index is 1.81. The van der Waals surface area contributed by atoms with Crippen molar-refractivity contribution < 1.29 is 0 Å². The summed E-state index contributed by atoms with van der Waals surface area (Å²) in [6.45, 7) is 3.71. The topological polar surface area (TPSA) is 37.1 Å². The highest BCUT2D eigenvalue weighted by Crippen LogP contribution is 2.34. The normalized spacial score (nSPS) is 12.7. The Morgan fingerprint density at radius 2 is 1.50 bits per heavy atom. The van der Waals surface area contributed by atoms with Gasteiger partial charge in [-0.1, -0.05) is 60.7 Å². The number of aliphatic imine (C=N–C) groups is 3. The van der Waals surface area contributed by atoms with Gasteiger partial charge in [0.05, 0.1) is 0 Å². The van der Waals surface area contributed by atoms with Gasteiger partial charge in [-0.3, -0.25) is 4.99 Å². The third kappa shape index (κ3) is 2.95. The van der Waals surface area contributed by atoms with Crippen LogP contribution in [-0.2, 0) is 0 Å². The zero-order valence-electron chi connectivity index (χ0n) is 14.4. The third-order valence-corrected chi connectivity index (χ3v) is 5.38. The van der Waals surface area contributed by atoms with Crippen LogP contribution in [0.5, 0.6) is 0 Å². The van der Waals surface area contributed by atoms with Crippen LogP contribution in [0.25, 0.3) is 20.2 Å². The van der Waals surface area contributed by atoms with E-state index in [1.807, 2.05) is 36.4 Å². The molecule has 0 saturated carbocycles. The Hall–Kier alpha value is -3.11. The van der Waals surface area contributed by atoms with E-state index in [1.54, 1.807) is 18.4 Å². The van der Waals surface area contributed by atoms with Gasteiger partial charge in [-0.25, -0.2) is 9.98 Å². The van der Waals surface area contributed by atoms with Crippen LogP contribution in [0.15, 0.2) is 87.8 Å². The Morgan fingerprint density at radius 1 is 0.769 bits per heavy atom. The van der Waals surface area contributed by atoms with Crippen molar-refractivity contribution in [3.05, 3.63) is 83.9 Å². The minimum Gasteiger partial charge on any atom is -0.270 e. The van der Waals surface area contributed by atoms with E-state index >= 15 is 0 Å². The minimum atomic E-state index is 0.578. The van der Waals surface area contributed by atoms with E-state index in [1.165, 1.54) is 20.2 Å². The van der Waals surface area contributed by atoms with Crippen molar-refractivity contribution in [3.8, 4) is 0 Å². The van der Waals surface area contributed by atoms with Crippen molar-refractivity contribution in [3.63, 3.8) is 0 Å². The lowest BCUT2D eigenvalue weighted by molar-refractivity contribution is 1.37. The number of hydrogen-bond acceptors (Lipinski definition) is 2. The average Bonchev–Trinajstić information content (AvgIpc) is 3.07. The standard InChI is InChI=1S/C22H17N3S/c1-23-21(15-8-4-3-5-9-15)25-22(24-2)16-12-13-18-17-10-6-7-11-19(17)26-20(18)14-16/h3-14H,2H2,1H3. The van der Waals surface area contributed by atoms with Gasteiger partial charge in [0.15, 0.2) is 11.7 Å². The first-order valence-electron chi connectivity index (χ1n) is 8.29. The Morgan fingerprint density at radius 3 is 2.27 bits per heavy atom. The van der Waals surface area contributed by atoms with E-state index < -0.39 is 0 Å². The Bertz CT molecular complexity index is 1150. The molecule has 3 aromatic carbocycles. The van der Waals surface area contributed by atoms with Gasteiger partial charge in [0.1, 0.15) is 0 Å². The highest BCUT2D eigenvalue weighted by molar-refractivity contribution is 7.25. The van der Waals surface area contributed by atoms with Crippen LogP contribution in [0.2, 0.25) is 0 Å². The monoisotopic (exact) mass is 355 g/mol. The summed E-state index contributed by atoms with van der Waals surface area (Å²) in [4.78, 5) is 13.1. The average molecular weight is 355 g/mol. The summed E-state index contributed by atoms with van der Waals surface area (Å²) in [7, 11) is 1.74. The highest BCUT2D eigenvalue weighted by atomic mass is 32.1. The predicted molar refractivity (Wildman–Crippen MR) is 114 cm³/mol. The van der Waals surface area contributed by atoms with Crippen molar-refractivity contribution >= 4 is 49.9 Å². The largest absolute Gasteiger partial charge is 0.270 e. The summed E-state index contributed by atoms with van der Waals surface area (Å²) in [6, 6.07) is 24.7. The molecule has 1 aromatic heterocycles. The molecule has 0 saturated heterocycles. The molecule has 1 heterocycles. The molecular formula is C22H17N3S. The van der Waals surface area contributed by atoms with Crippen molar-refractivity contribution in [1.82, 2.24) is 0 Å². The van der Waals surface area contributed by atoms with Gasteiger partial charge in [0.2, 0.25) is 0 Å². The molecule has 0 aliphatic rings. The minimum absolute atomic E-state index is 0.578. The molecule has 0 spiro atoms. The quantitative estimate of drug-likeness (QED) is 0.333. The molecule has 0 unspecified atom stereocenters. The number of amidine groups is 2. The Labute approximate surface area is 156 Å². The molecule has 0 bridgehead atoms. The molecule has 0 N–H and O–H groups in total. The first kappa shape index (κ1) is 16.4. The van der Waals surface area contributed by atoms with Crippen molar-refractivity contribution in [2.75, 3.05) is 7.05 Å². The van der Waals surface area contributed by atoms with E-state index in [2.05, 4.69) is 58.1 Å². The molecule has 0 fully saturated rings. The second-order valence-electron chi connectivity index (χ2n) is 5.82. The summed E-state index contributed by atoms with van der Waals surface area (Å²) >= 11 is 1.78. The molecule has 0 radical (unpaired) electrons. The van der Waals surface area contributed by atoms with Gasteiger partial charge in [-0.05, 0) is 18.9 Å². The second kappa shape index (κ2) is 7.02. The van der Waals surface area contributed by atoms with Gasteiger partial charge < -0.3 is 0 Å².